The van der Waals surface area contributed by atoms with Crippen LogP contribution in [0.15, 0.2) is 28.8 Å². The van der Waals surface area contributed by atoms with Gasteiger partial charge < -0.3 is 23.8 Å². The van der Waals surface area contributed by atoms with Gasteiger partial charge in [-0.15, -0.1) is 11.3 Å². The molecule has 29 heavy (non-hydrogen) atoms. The van der Waals surface area contributed by atoms with Crippen LogP contribution in [0.25, 0.3) is 10.6 Å². The first-order chi connectivity index (χ1) is 14.1. The van der Waals surface area contributed by atoms with Gasteiger partial charge in [0.2, 0.25) is 0 Å². The fraction of sp³-hybridized carbons (Fsp3) is 0.389. The van der Waals surface area contributed by atoms with Crippen molar-refractivity contribution in [2.45, 2.75) is 13.2 Å². The molecule has 3 rings (SSSR count). The number of nitrogens with zero attached hydrogens (tertiary/aromatic N) is 3. The number of aromatic nitrogens is 3. The van der Waals surface area contributed by atoms with Gasteiger partial charge in [-0.05, 0) is 18.2 Å². The molecule has 0 aliphatic heterocycles. The van der Waals surface area contributed by atoms with Gasteiger partial charge in [0.25, 0.3) is 0 Å². The molecule has 1 N–H and O–H groups in total. The van der Waals surface area contributed by atoms with Crippen molar-refractivity contribution in [1.29, 1.82) is 0 Å². The molecule has 0 saturated carbocycles. The second kappa shape index (κ2) is 10.5. The number of rotatable bonds is 12. The van der Waals surface area contributed by atoms with E-state index < -0.39 is 5.97 Å². The molecule has 0 spiro atoms. The third-order valence-electron chi connectivity index (χ3n) is 3.82. The largest absolute Gasteiger partial charge is 0.476 e. The zero-order valence-corrected chi connectivity index (χ0v) is 17.2. The molecule has 0 bridgehead atoms. The fourth-order valence-electron chi connectivity index (χ4n) is 2.45. The highest BCUT2D eigenvalue weighted by molar-refractivity contribution is 7.19. The van der Waals surface area contributed by atoms with Gasteiger partial charge in [-0.2, -0.15) is 5.10 Å². The summed E-state index contributed by atoms with van der Waals surface area (Å²) in [5.41, 5.74) is 1.16. The summed E-state index contributed by atoms with van der Waals surface area (Å²) < 4.78 is 23.4. The number of halogens is 1. The molecule has 9 nitrogen and oxygen atoms in total. The van der Waals surface area contributed by atoms with E-state index in [0.29, 0.717) is 47.9 Å². The van der Waals surface area contributed by atoms with E-state index >= 15 is 0 Å². The molecule has 3 aromatic rings. The Labute approximate surface area is 175 Å². The maximum Gasteiger partial charge on any atom is 0.356 e. The van der Waals surface area contributed by atoms with Gasteiger partial charge >= 0.3 is 5.97 Å². The van der Waals surface area contributed by atoms with Crippen LogP contribution in [0.1, 0.15) is 21.9 Å². The van der Waals surface area contributed by atoms with Crippen molar-refractivity contribution < 1.29 is 28.6 Å². The first-order valence-electron chi connectivity index (χ1n) is 8.72. The Morgan fingerprint density at radius 2 is 2.03 bits per heavy atom. The van der Waals surface area contributed by atoms with Gasteiger partial charge in [0.05, 0.1) is 54.5 Å². The van der Waals surface area contributed by atoms with Gasteiger partial charge in [-0.25, -0.2) is 4.79 Å². The van der Waals surface area contributed by atoms with Crippen molar-refractivity contribution in [3.8, 4) is 10.6 Å². The smallest absolute Gasteiger partial charge is 0.356 e. The number of aromatic carboxylic acids is 1. The topological polar surface area (TPSA) is 109 Å². The van der Waals surface area contributed by atoms with Crippen molar-refractivity contribution in [3.05, 3.63) is 45.7 Å². The van der Waals surface area contributed by atoms with Crippen LogP contribution < -0.4 is 0 Å². The first kappa shape index (κ1) is 21.5. The standard InChI is InChI=1S/C18H20ClN3O6S/c1-25-4-5-26-6-7-27-11-13-9-14(18(23)24)20-22(13)10-12-8-15(28-21-12)16-2-3-17(19)29-16/h2-3,8-9H,4-7,10-11H2,1H3,(H,23,24). The monoisotopic (exact) mass is 441 g/mol. The van der Waals surface area contributed by atoms with Crippen LogP contribution in [0.3, 0.4) is 0 Å². The van der Waals surface area contributed by atoms with Crippen molar-refractivity contribution >= 4 is 28.9 Å². The molecule has 0 saturated heterocycles. The van der Waals surface area contributed by atoms with Crippen molar-refractivity contribution in [3.63, 3.8) is 0 Å². The molecule has 0 aliphatic rings. The normalized spacial score (nSPS) is 11.2. The number of carboxylic acids is 1. The highest BCUT2D eigenvalue weighted by Crippen LogP contribution is 2.31. The molecule has 0 aliphatic carbocycles. The van der Waals surface area contributed by atoms with Crippen molar-refractivity contribution in [1.82, 2.24) is 14.9 Å². The lowest BCUT2D eigenvalue weighted by molar-refractivity contribution is 0.0185. The summed E-state index contributed by atoms with van der Waals surface area (Å²) in [5, 5.41) is 17.4. The number of ether oxygens (including phenoxy) is 3. The third-order valence-corrected chi connectivity index (χ3v) is 5.07. The Bertz CT molecular complexity index is 938. The summed E-state index contributed by atoms with van der Waals surface area (Å²) in [6, 6.07) is 6.89. The summed E-state index contributed by atoms with van der Waals surface area (Å²) in [5.74, 6) is -0.518. The Morgan fingerprint density at radius 3 is 2.76 bits per heavy atom. The molecule has 0 amide bonds. The molecule has 156 valence electrons. The molecule has 0 unspecified atom stereocenters. The van der Waals surface area contributed by atoms with Crippen LogP contribution in [0, 0.1) is 0 Å². The zero-order chi connectivity index (χ0) is 20.6. The van der Waals surface area contributed by atoms with Gasteiger partial charge in [-0.3, -0.25) is 4.68 Å². The molecule has 3 aromatic heterocycles. The van der Waals surface area contributed by atoms with Crippen LogP contribution in [0.2, 0.25) is 4.34 Å². The summed E-state index contributed by atoms with van der Waals surface area (Å²) in [6.45, 7) is 2.24. The van der Waals surface area contributed by atoms with E-state index in [1.165, 1.54) is 22.1 Å². The molecule has 0 atom stereocenters. The predicted molar refractivity (Wildman–Crippen MR) is 105 cm³/mol. The van der Waals surface area contributed by atoms with Crippen molar-refractivity contribution in [2.24, 2.45) is 0 Å². The lowest BCUT2D eigenvalue weighted by Crippen LogP contribution is -2.11. The molecule has 0 aromatic carbocycles. The summed E-state index contributed by atoms with van der Waals surface area (Å²) in [6.07, 6.45) is 0. The van der Waals surface area contributed by atoms with Gasteiger partial charge in [-0.1, -0.05) is 16.8 Å². The minimum atomic E-state index is -1.11. The quantitative estimate of drug-likeness (QED) is 0.427. The van der Waals surface area contributed by atoms with Gasteiger partial charge in [0.1, 0.15) is 5.69 Å². The highest BCUT2D eigenvalue weighted by atomic mass is 35.5. The lowest BCUT2D eigenvalue weighted by Gasteiger charge is -2.07. The van der Waals surface area contributed by atoms with Crippen LogP contribution in [0.5, 0.6) is 0 Å². The molecule has 0 radical (unpaired) electrons. The fourth-order valence-corrected chi connectivity index (χ4v) is 3.45. The van der Waals surface area contributed by atoms with E-state index in [0.717, 1.165) is 4.88 Å². The number of hydrogen-bond donors (Lipinski definition) is 1. The van der Waals surface area contributed by atoms with E-state index in [1.54, 1.807) is 19.2 Å². The van der Waals surface area contributed by atoms with E-state index in [1.807, 2.05) is 6.07 Å². The second-order valence-electron chi connectivity index (χ2n) is 5.93. The molecule has 11 heteroatoms. The van der Waals surface area contributed by atoms with E-state index in [4.69, 9.17) is 30.3 Å². The Hall–Kier alpha value is -2.24. The van der Waals surface area contributed by atoms with E-state index in [-0.39, 0.29) is 18.8 Å². The summed E-state index contributed by atoms with van der Waals surface area (Å²) >= 11 is 7.34. The number of carbonyl (C=O) groups is 1. The van der Waals surface area contributed by atoms with Crippen LogP contribution >= 0.6 is 22.9 Å². The molecule has 3 heterocycles. The minimum Gasteiger partial charge on any atom is -0.476 e. The minimum absolute atomic E-state index is 0.0614. The first-order valence-corrected chi connectivity index (χ1v) is 9.92. The average molecular weight is 442 g/mol. The third kappa shape index (κ3) is 6.12. The average Bonchev–Trinajstić information content (AvgIpc) is 3.42. The maximum atomic E-state index is 11.3. The number of carboxylic acid groups (broad SMARTS) is 1. The number of methoxy groups -OCH3 is 1. The van der Waals surface area contributed by atoms with E-state index in [2.05, 4.69) is 10.3 Å². The van der Waals surface area contributed by atoms with Crippen LogP contribution in [-0.4, -0.2) is 59.6 Å². The van der Waals surface area contributed by atoms with Crippen LogP contribution in [0.4, 0.5) is 0 Å². The van der Waals surface area contributed by atoms with Crippen molar-refractivity contribution in [2.75, 3.05) is 33.5 Å². The maximum absolute atomic E-state index is 11.3. The Balaban J connectivity index is 1.62. The zero-order valence-electron chi connectivity index (χ0n) is 15.7. The Kier molecular flexibility index (Phi) is 7.78. The van der Waals surface area contributed by atoms with Gasteiger partial charge in [0.15, 0.2) is 11.5 Å². The molecular weight excluding hydrogens is 422 g/mol. The molecule has 0 fully saturated rings. The van der Waals surface area contributed by atoms with Gasteiger partial charge in [0, 0.05) is 13.2 Å². The van der Waals surface area contributed by atoms with E-state index in [9.17, 15) is 9.90 Å². The summed E-state index contributed by atoms with van der Waals surface area (Å²) in [4.78, 5) is 12.2. The summed E-state index contributed by atoms with van der Waals surface area (Å²) in [7, 11) is 1.61. The number of hydrogen-bond acceptors (Lipinski definition) is 8. The predicted octanol–water partition coefficient (Wildman–Crippen LogP) is 3.18. The highest BCUT2D eigenvalue weighted by Gasteiger charge is 2.16. The molecular formula is C18H20ClN3O6S. The van der Waals surface area contributed by atoms with Crippen LogP contribution in [-0.2, 0) is 27.4 Å². The Morgan fingerprint density at radius 1 is 1.24 bits per heavy atom. The second-order valence-corrected chi connectivity index (χ2v) is 7.64. The lowest BCUT2D eigenvalue weighted by atomic mass is 10.3. The number of thiophene rings is 1. The SMILES string of the molecule is COCCOCCOCc1cc(C(=O)O)nn1Cc1cc(-c2ccc(Cl)s2)on1.